The van der Waals surface area contributed by atoms with Crippen LogP contribution in [0.1, 0.15) is 38.3 Å². The Hall–Kier alpha value is -3.05. The van der Waals surface area contributed by atoms with Gasteiger partial charge in [-0.1, -0.05) is 43.3 Å². The summed E-state index contributed by atoms with van der Waals surface area (Å²) in [5.41, 5.74) is 8.78. The third kappa shape index (κ3) is 4.52. The molecule has 0 atom stereocenters. The highest BCUT2D eigenvalue weighted by atomic mass is 32.1. The second-order valence-corrected chi connectivity index (χ2v) is 7.99. The summed E-state index contributed by atoms with van der Waals surface area (Å²) in [4.78, 5) is 6.99. The molecule has 158 valence electrons. The minimum atomic E-state index is 0.854. The first-order valence-corrected chi connectivity index (χ1v) is 11.7. The number of aliphatic imine (C=N–C) groups is 1. The van der Waals surface area contributed by atoms with Crippen molar-refractivity contribution >= 4 is 39.7 Å². The molecule has 2 aromatic carbocycles. The third-order valence-corrected chi connectivity index (χ3v) is 6.06. The van der Waals surface area contributed by atoms with Crippen molar-refractivity contribution in [3.8, 4) is 0 Å². The summed E-state index contributed by atoms with van der Waals surface area (Å²) in [5, 5.41) is 0. The van der Waals surface area contributed by atoms with E-state index in [4.69, 9.17) is 0 Å². The van der Waals surface area contributed by atoms with Crippen LogP contribution < -0.4 is 4.90 Å². The van der Waals surface area contributed by atoms with Crippen LogP contribution >= 0.6 is 11.7 Å². The predicted molar refractivity (Wildman–Crippen MR) is 134 cm³/mol. The zero-order valence-corrected chi connectivity index (χ0v) is 19.2. The quantitative estimate of drug-likeness (QED) is 0.442. The fraction of sp³-hybridized carbons (Fsp3) is 0.269. The highest BCUT2D eigenvalue weighted by molar-refractivity contribution is 7.00. The van der Waals surface area contributed by atoms with E-state index in [9.17, 15) is 0 Å². The van der Waals surface area contributed by atoms with Crippen LogP contribution in [-0.4, -0.2) is 34.1 Å². The summed E-state index contributed by atoms with van der Waals surface area (Å²) in [5.74, 6) is 0. The van der Waals surface area contributed by atoms with Gasteiger partial charge in [0.1, 0.15) is 11.0 Å². The van der Waals surface area contributed by atoms with Crippen LogP contribution in [0.3, 0.4) is 0 Å². The number of anilines is 1. The lowest BCUT2D eigenvalue weighted by Gasteiger charge is -2.22. The molecule has 0 spiro atoms. The number of rotatable bonds is 7. The van der Waals surface area contributed by atoms with Crippen LogP contribution in [0.4, 0.5) is 5.69 Å². The van der Waals surface area contributed by atoms with Crippen molar-refractivity contribution in [2.75, 3.05) is 24.5 Å². The van der Waals surface area contributed by atoms with Gasteiger partial charge in [0.15, 0.2) is 0 Å². The van der Waals surface area contributed by atoms with Crippen LogP contribution in [0.5, 0.6) is 0 Å². The molecular weight excluding hydrogens is 400 g/mol. The maximum absolute atomic E-state index is 4.63. The molecule has 1 aliphatic rings. The van der Waals surface area contributed by atoms with E-state index < -0.39 is 0 Å². The van der Waals surface area contributed by atoms with Gasteiger partial charge >= 0.3 is 0 Å². The zero-order valence-electron chi connectivity index (χ0n) is 18.4. The summed E-state index contributed by atoms with van der Waals surface area (Å²) >= 11 is 1.26. The van der Waals surface area contributed by atoms with Gasteiger partial charge in [-0.25, -0.2) is 0 Å². The monoisotopic (exact) mass is 428 g/mol. The molecule has 0 bridgehead atoms. The summed E-state index contributed by atoms with van der Waals surface area (Å²) in [6, 6.07) is 15.1. The average molecular weight is 429 g/mol. The molecule has 1 aliphatic carbocycles. The lowest BCUT2D eigenvalue weighted by Crippen LogP contribution is -2.21. The Morgan fingerprint density at radius 2 is 1.65 bits per heavy atom. The number of benzene rings is 2. The van der Waals surface area contributed by atoms with Crippen molar-refractivity contribution in [3.63, 3.8) is 0 Å². The van der Waals surface area contributed by atoms with E-state index in [1.54, 1.807) is 0 Å². The SMILES string of the molecule is CCCN=C1C=CC(=C(c2ccc(N(CC)CC)cc2)c2cccc3nsnc23)C=C1. The second kappa shape index (κ2) is 9.84. The van der Waals surface area contributed by atoms with Crippen molar-refractivity contribution in [2.45, 2.75) is 27.2 Å². The first-order chi connectivity index (χ1) is 15.2. The van der Waals surface area contributed by atoms with Crippen molar-refractivity contribution in [2.24, 2.45) is 4.99 Å². The summed E-state index contributed by atoms with van der Waals surface area (Å²) < 4.78 is 9.06. The van der Waals surface area contributed by atoms with E-state index in [-0.39, 0.29) is 0 Å². The predicted octanol–water partition coefficient (Wildman–Crippen LogP) is 6.32. The van der Waals surface area contributed by atoms with Gasteiger partial charge < -0.3 is 4.90 Å². The van der Waals surface area contributed by atoms with E-state index >= 15 is 0 Å². The van der Waals surface area contributed by atoms with Gasteiger partial charge in [0.2, 0.25) is 0 Å². The topological polar surface area (TPSA) is 41.4 Å². The molecule has 4 nitrogen and oxygen atoms in total. The van der Waals surface area contributed by atoms with Crippen LogP contribution in [-0.2, 0) is 0 Å². The number of fused-ring (bicyclic) bond motifs is 1. The van der Waals surface area contributed by atoms with Crippen LogP contribution in [0.2, 0.25) is 0 Å². The molecule has 0 saturated carbocycles. The Kier molecular flexibility index (Phi) is 6.73. The highest BCUT2D eigenvalue weighted by Crippen LogP contribution is 2.34. The number of hydrogen-bond donors (Lipinski definition) is 0. The highest BCUT2D eigenvalue weighted by Gasteiger charge is 2.16. The van der Waals surface area contributed by atoms with Gasteiger partial charge in [0.05, 0.1) is 17.4 Å². The maximum atomic E-state index is 4.63. The standard InChI is InChI=1S/C26H28N4S/c1-4-18-27-21-14-10-19(11-15-21)25(23-8-7-9-24-26(23)29-31-28-24)20-12-16-22(17-13-20)30(5-2)6-3/h7-17H,4-6,18H2,1-3H3. The first kappa shape index (κ1) is 21.2. The van der Waals surface area contributed by atoms with E-state index in [1.165, 1.54) is 28.6 Å². The van der Waals surface area contributed by atoms with E-state index in [2.05, 4.69) is 100 Å². The third-order valence-electron chi connectivity index (χ3n) is 5.51. The number of nitrogens with zero attached hydrogens (tertiary/aromatic N) is 4. The molecule has 1 heterocycles. The number of hydrogen-bond acceptors (Lipinski definition) is 5. The van der Waals surface area contributed by atoms with Gasteiger partial charge in [-0.05, 0) is 67.3 Å². The van der Waals surface area contributed by atoms with E-state index in [0.717, 1.165) is 53.9 Å². The van der Waals surface area contributed by atoms with Gasteiger partial charge in [0, 0.05) is 30.9 Å². The Bertz CT molecular complexity index is 1140. The smallest absolute Gasteiger partial charge is 0.112 e. The Labute approximate surface area is 188 Å². The molecule has 0 saturated heterocycles. The number of allylic oxidation sites excluding steroid dienone is 5. The first-order valence-electron chi connectivity index (χ1n) is 11.0. The Morgan fingerprint density at radius 3 is 2.32 bits per heavy atom. The normalized spacial score (nSPS) is 13.1. The van der Waals surface area contributed by atoms with Gasteiger partial charge in [-0.15, -0.1) is 0 Å². The van der Waals surface area contributed by atoms with Crippen molar-refractivity contribution in [3.05, 3.63) is 83.5 Å². The minimum absolute atomic E-state index is 0.854. The van der Waals surface area contributed by atoms with Gasteiger partial charge in [-0.2, -0.15) is 8.75 Å². The summed E-state index contributed by atoms with van der Waals surface area (Å²) in [6.45, 7) is 9.38. The van der Waals surface area contributed by atoms with Gasteiger partial charge in [-0.3, -0.25) is 4.99 Å². The number of aromatic nitrogens is 2. The molecule has 0 fully saturated rings. The molecule has 4 rings (SSSR count). The maximum Gasteiger partial charge on any atom is 0.112 e. The lowest BCUT2D eigenvalue weighted by atomic mass is 9.90. The molecular formula is C26H28N4S. The molecule has 0 unspecified atom stereocenters. The fourth-order valence-electron chi connectivity index (χ4n) is 3.89. The van der Waals surface area contributed by atoms with Crippen molar-refractivity contribution in [1.29, 1.82) is 0 Å². The van der Waals surface area contributed by atoms with Crippen LogP contribution in [0.25, 0.3) is 16.6 Å². The fourth-order valence-corrected chi connectivity index (χ4v) is 4.44. The molecule has 5 heteroatoms. The van der Waals surface area contributed by atoms with Crippen LogP contribution in [0.15, 0.2) is 77.3 Å². The lowest BCUT2D eigenvalue weighted by molar-refractivity contribution is 0.866. The molecule has 3 aromatic rings. The largest absolute Gasteiger partial charge is 0.372 e. The summed E-state index contributed by atoms with van der Waals surface area (Å²) in [7, 11) is 0. The molecule has 0 aliphatic heterocycles. The van der Waals surface area contributed by atoms with Crippen molar-refractivity contribution in [1.82, 2.24) is 8.75 Å². The molecule has 31 heavy (non-hydrogen) atoms. The average Bonchev–Trinajstić information content (AvgIpc) is 3.30. The summed E-state index contributed by atoms with van der Waals surface area (Å²) in [6.07, 6.45) is 9.60. The van der Waals surface area contributed by atoms with Crippen LogP contribution in [0, 0.1) is 0 Å². The Morgan fingerprint density at radius 1 is 0.903 bits per heavy atom. The van der Waals surface area contributed by atoms with E-state index in [0.29, 0.717) is 0 Å². The molecule has 0 N–H and O–H groups in total. The molecule has 1 aromatic heterocycles. The second-order valence-electron chi connectivity index (χ2n) is 7.46. The Balaban J connectivity index is 1.84. The van der Waals surface area contributed by atoms with E-state index in [1.807, 2.05) is 6.07 Å². The molecule has 0 amide bonds. The van der Waals surface area contributed by atoms with Gasteiger partial charge in [0.25, 0.3) is 0 Å². The minimum Gasteiger partial charge on any atom is -0.372 e. The van der Waals surface area contributed by atoms with Crippen molar-refractivity contribution < 1.29 is 0 Å². The molecule has 0 radical (unpaired) electrons. The zero-order chi connectivity index (χ0) is 21.6.